The highest BCUT2D eigenvalue weighted by Crippen LogP contribution is 2.37. The Hall–Kier alpha value is -0.0800. The molecular weight excluding hydrogens is 150 g/mol. The van der Waals surface area contributed by atoms with Crippen LogP contribution in [0.25, 0.3) is 0 Å². The Morgan fingerprint density at radius 1 is 1.25 bits per heavy atom. The molecule has 0 radical (unpaired) electrons. The molecule has 0 spiro atoms. The van der Waals surface area contributed by atoms with Crippen LogP contribution in [0.4, 0.5) is 0 Å². The molecule has 2 heteroatoms. The van der Waals surface area contributed by atoms with Crippen LogP contribution in [0.2, 0.25) is 0 Å². The molecular formula is C10H21NO. The van der Waals surface area contributed by atoms with Gasteiger partial charge in [-0.15, -0.1) is 0 Å². The van der Waals surface area contributed by atoms with Crippen LogP contribution in [0.1, 0.15) is 45.4 Å². The van der Waals surface area contributed by atoms with Crippen LogP contribution in [0.3, 0.4) is 0 Å². The molecule has 0 aromatic heterocycles. The predicted octanol–water partition coefficient (Wildman–Crippen LogP) is 1.67. The van der Waals surface area contributed by atoms with Crippen molar-refractivity contribution >= 4 is 0 Å². The summed E-state index contributed by atoms with van der Waals surface area (Å²) in [4.78, 5) is 0. The summed E-state index contributed by atoms with van der Waals surface area (Å²) < 4.78 is 0. The summed E-state index contributed by atoms with van der Waals surface area (Å²) in [5, 5.41) is 9.74. The Morgan fingerprint density at radius 3 is 2.17 bits per heavy atom. The second-order valence-electron chi connectivity index (χ2n) is 4.32. The highest BCUT2D eigenvalue weighted by atomic mass is 16.3. The van der Waals surface area contributed by atoms with Crippen molar-refractivity contribution in [3.8, 4) is 0 Å². The molecule has 12 heavy (non-hydrogen) atoms. The monoisotopic (exact) mass is 171 g/mol. The highest BCUT2D eigenvalue weighted by molar-refractivity contribution is 4.84. The first-order valence-electron chi connectivity index (χ1n) is 5.07. The van der Waals surface area contributed by atoms with Crippen molar-refractivity contribution in [1.29, 1.82) is 0 Å². The van der Waals surface area contributed by atoms with Crippen LogP contribution in [0.5, 0.6) is 0 Å². The Morgan fingerprint density at radius 2 is 1.75 bits per heavy atom. The minimum atomic E-state index is -0.296. The van der Waals surface area contributed by atoms with Gasteiger partial charge < -0.3 is 10.8 Å². The lowest BCUT2D eigenvalue weighted by Crippen LogP contribution is -2.37. The standard InChI is InChI=1S/C10H21NO/c1-10(9(12)8-11)6-4-2-3-5-7-10/h9,12H,2-8,11H2,1H3. The van der Waals surface area contributed by atoms with Gasteiger partial charge in [-0.05, 0) is 18.3 Å². The molecule has 0 aliphatic heterocycles. The summed E-state index contributed by atoms with van der Waals surface area (Å²) in [6.07, 6.45) is 7.16. The predicted molar refractivity (Wildman–Crippen MR) is 50.9 cm³/mol. The third-order valence-electron chi connectivity index (χ3n) is 3.27. The zero-order chi connectivity index (χ0) is 9.03. The minimum Gasteiger partial charge on any atom is -0.391 e. The number of hydrogen-bond donors (Lipinski definition) is 2. The van der Waals surface area contributed by atoms with Gasteiger partial charge in [0.1, 0.15) is 0 Å². The van der Waals surface area contributed by atoms with Crippen molar-refractivity contribution in [2.45, 2.75) is 51.6 Å². The molecule has 0 aromatic rings. The van der Waals surface area contributed by atoms with E-state index in [0.29, 0.717) is 6.54 Å². The molecule has 0 heterocycles. The smallest absolute Gasteiger partial charge is 0.0715 e. The fourth-order valence-electron chi connectivity index (χ4n) is 2.15. The van der Waals surface area contributed by atoms with Gasteiger partial charge in [-0.2, -0.15) is 0 Å². The molecule has 0 aromatic carbocycles. The zero-order valence-corrected chi connectivity index (χ0v) is 8.05. The quantitative estimate of drug-likeness (QED) is 0.621. The van der Waals surface area contributed by atoms with Crippen molar-refractivity contribution in [2.24, 2.45) is 11.1 Å². The van der Waals surface area contributed by atoms with Crippen molar-refractivity contribution < 1.29 is 5.11 Å². The third-order valence-corrected chi connectivity index (χ3v) is 3.27. The molecule has 1 aliphatic rings. The first-order valence-corrected chi connectivity index (χ1v) is 5.07. The molecule has 72 valence electrons. The summed E-state index contributed by atoms with van der Waals surface area (Å²) in [7, 11) is 0. The van der Waals surface area contributed by atoms with Crippen molar-refractivity contribution in [3.63, 3.8) is 0 Å². The van der Waals surface area contributed by atoms with Gasteiger partial charge in [0, 0.05) is 6.54 Å². The molecule has 1 atom stereocenters. The number of nitrogens with two attached hydrogens (primary N) is 1. The Balaban J connectivity index is 2.53. The van der Waals surface area contributed by atoms with E-state index in [1.165, 1.54) is 25.7 Å². The maximum Gasteiger partial charge on any atom is 0.0715 e. The molecule has 3 N–H and O–H groups in total. The number of aliphatic hydroxyl groups is 1. The van der Waals surface area contributed by atoms with Gasteiger partial charge in [0.2, 0.25) is 0 Å². The largest absolute Gasteiger partial charge is 0.391 e. The topological polar surface area (TPSA) is 46.2 Å². The van der Waals surface area contributed by atoms with Crippen LogP contribution >= 0.6 is 0 Å². The minimum absolute atomic E-state index is 0.102. The molecule has 0 saturated heterocycles. The van der Waals surface area contributed by atoms with E-state index in [1.807, 2.05) is 0 Å². The second-order valence-corrected chi connectivity index (χ2v) is 4.32. The molecule has 2 nitrogen and oxygen atoms in total. The fraction of sp³-hybridized carbons (Fsp3) is 1.00. The normalized spacial score (nSPS) is 26.2. The van der Waals surface area contributed by atoms with E-state index in [9.17, 15) is 5.11 Å². The average molecular weight is 171 g/mol. The van der Waals surface area contributed by atoms with Crippen molar-refractivity contribution in [2.75, 3.05) is 6.54 Å². The molecule has 0 bridgehead atoms. The van der Waals surface area contributed by atoms with E-state index in [-0.39, 0.29) is 11.5 Å². The lowest BCUT2D eigenvalue weighted by Gasteiger charge is -2.32. The fourth-order valence-corrected chi connectivity index (χ4v) is 2.15. The molecule has 1 fully saturated rings. The third kappa shape index (κ3) is 2.20. The van der Waals surface area contributed by atoms with Crippen LogP contribution in [0, 0.1) is 5.41 Å². The van der Waals surface area contributed by atoms with Gasteiger partial charge in [0.25, 0.3) is 0 Å². The summed E-state index contributed by atoms with van der Waals surface area (Å²) in [6.45, 7) is 2.59. The Labute approximate surface area is 75.2 Å². The first-order chi connectivity index (χ1) is 5.69. The van der Waals surface area contributed by atoms with E-state index in [2.05, 4.69) is 6.92 Å². The van der Waals surface area contributed by atoms with Crippen molar-refractivity contribution in [3.05, 3.63) is 0 Å². The lowest BCUT2D eigenvalue weighted by molar-refractivity contribution is 0.0327. The maximum absolute atomic E-state index is 9.74. The van der Waals surface area contributed by atoms with Gasteiger partial charge in [-0.3, -0.25) is 0 Å². The summed E-state index contributed by atoms with van der Waals surface area (Å²) in [5.41, 5.74) is 5.59. The van der Waals surface area contributed by atoms with Gasteiger partial charge in [-0.1, -0.05) is 32.6 Å². The second kappa shape index (κ2) is 4.24. The van der Waals surface area contributed by atoms with Gasteiger partial charge in [0.05, 0.1) is 6.10 Å². The summed E-state index contributed by atoms with van der Waals surface area (Å²) in [5.74, 6) is 0. The number of rotatable bonds is 2. The van der Waals surface area contributed by atoms with Crippen LogP contribution in [0.15, 0.2) is 0 Å². The maximum atomic E-state index is 9.74. The average Bonchev–Trinajstić information content (AvgIpc) is 2.29. The van der Waals surface area contributed by atoms with E-state index >= 15 is 0 Å². The SMILES string of the molecule is CC1(C(O)CN)CCCCCC1. The Bertz CT molecular complexity index is 128. The highest BCUT2D eigenvalue weighted by Gasteiger charge is 2.32. The zero-order valence-electron chi connectivity index (χ0n) is 8.05. The summed E-state index contributed by atoms with van der Waals surface area (Å²) >= 11 is 0. The molecule has 1 saturated carbocycles. The lowest BCUT2D eigenvalue weighted by atomic mass is 9.77. The van der Waals surface area contributed by atoms with Crippen LogP contribution in [-0.4, -0.2) is 17.8 Å². The van der Waals surface area contributed by atoms with E-state index in [4.69, 9.17) is 5.73 Å². The number of aliphatic hydroxyl groups excluding tert-OH is 1. The molecule has 1 unspecified atom stereocenters. The van der Waals surface area contributed by atoms with Crippen LogP contribution < -0.4 is 5.73 Å². The molecule has 1 aliphatic carbocycles. The summed E-state index contributed by atoms with van der Waals surface area (Å²) in [6, 6.07) is 0. The molecule has 0 amide bonds. The number of hydrogen-bond acceptors (Lipinski definition) is 2. The Kier molecular flexibility index (Phi) is 3.53. The van der Waals surface area contributed by atoms with E-state index < -0.39 is 0 Å². The van der Waals surface area contributed by atoms with Gasteiger partial charge in [0.15, 0.2) is 0 Å². The van der Waals surface area contributed by atoms with Gasteiger partial charge in [-0.25, -0.2) is 0 Å². The van der Waals surface area contributed by atoms with Crippen molar-refractivity contribution in [1.82, 2.24) is 0 Å². The van der Waals surface area contributed by atoms with Gasteiger partial charge >= 0.3 is 0 Å². The van der Waals surface area contributed by atoms with E-state index in [1.54, 1.807) is 0 Å². The molecule has 1 rings (SSSR count). The van der Waals surface area contributed by atoms with E-state index in [0.717, 1.165) is 12.8 Å². The van der Waals surface area contributed by atoms with Crippen LogP contribution in [-0.2, 0) is 0 Å². The first kappa shape index (κ1) is 10.0.